The van der Waals surface area contributed by atoms with E-state index >= 15 is 0 Å². The number of phenols is 1. The highest BCUT2D eigenvalue weighted by Crippen LogP contribution is 2.38. The van der Waals surface area contributed by atoms with E-state index in [1.54, 1.807) is 0 Å². The maximum atomic E-state index is 10.7. The molecular formula is C28H29NOSi. The van der Waals surface area contributed by atoms with Crippen LogP contribution in [0, 0.1) is 6.92 Å². The average molecular weight is 424 g/mol. The minimum Gasteiger partial charge on any atom is -0.508 e. The van der Waals surface area contributed by atoms with Gasteiger partial charge in [0.15, 0.2) is 0 Å². The highest BCUT2D eigenvalue weighted by Gasteiger charge is 2.50. The molecule has 1 unspecified atom stereocenters. The van der Waals surface area contributed by atoms with Crippen LogP contribution in [0.1, 0.15) is 37.8 Å². The van der Waals surface area contributed by atoms with Gasteiger partial charge in [-0.1, -0.05) is 80.6 Å². The van der Waals surface area contributed by atoms with Gasteiger partial charge in [-0.15, -0.1) is 0 Å². The normalized spacial score (nSPS) is 17.4. The van der Waals surface area contributed by atoms with Gasteiger partial charge >= 0.3 is 0 Å². The van der Waals surface area contributed by atoms with Gasteiger partial charge in [0, 0.05) is 11.5 Å². The lowest BCUT2D eigenvalue weighted by molar-refractivity contribution is 0.471. The summed E-state index contributed by atoms with van der Waals surface area (Å²) < 4.78 is 0. The van der Waals surface area contributed by atoms with Crippen molar-refractivity contribution in [3.8, 4) is 5.75 Å². The van der Waals surface area contributed by atoms with Crippen LogP contribution in [0.25, 0.3) is 5.57 Å². The Hall–Kier alpha value is -3.17. The molecule has 0 spiro atoms. The van der Waals surface area contributed by atoms with Crippen molar-refractivity contribution in [1.29, 1.82) is 0 Å². The molecule has 2 aromatic carbocycles. The first-order chi connectivity index (χ1) is 15.1. The predicted molar refractivity (Wildman–Crippen MR) is 134 cm³/mol. The number of benzene rings is 2. The molecule has 0 saturated carbocycles. The number of aromatic hydroxyl groups is 1. The highest BCUT2D eigenvalue weighted by molar-refractivity contribution is 7.18. The smallest absolute Gasteiger partial charge is 0.203 e. The van der Waals surface area contributed by atoms with Gasteiger partial charge in [-0.05, 0) is 70.2 Å². The summed E-state index contributed by atoms with van der Waals surface area (Å²) >= 11 is 0. The number of nitrogens with zero attached hydrogens (tertiary/aromatic N) is 1. The third-order valence-corrected chi connectivity index (χ3v) is 11.2. The monoisotopic (exact) mass is 423 g/mol. The maximum Gasteiger partial charge on any atom is 0.203 e. The minimum atomic E-state index is -2.65. The molecule has 1 aliphatic heterocycles. The molecule has 2 nitrogen and oxygen atoms in total. The van der Waals surface area contributed by atoms with Crippen molar-refractivity contribution in [2.45, 2.75) is 33.6 Å². The van der Waals surface area contributed by atoms with Crippen molar-refractivity contribution in [3.05, 3.63) is 107 Å². The van der Waals surface area contributed by atoms with Crippen molar-refractivity contribution in [2.24, 2.45) is 0 Å². The summed E-state index contributed by atoms with van der Waals surface area (Å²) in [5.41, 5.74) is 4.57. The van der Waals surface area contributed by atoms with Crippen LogP contribution in [0.4, 0.5) is 0 Å². The number of allylic oxidation sites excluding steroid dienone is 5. The molecule has 1 atom stereocenters. The molecular weight excluding hydrogens is 394 g/mol. The summed E-state index contributed by atoms with van der Waals surface area (Å²) in [6.45, 7) is 10.7. The molecule has 0 saturated heterocycles. The van der Waals surface area contributed by atoms with E-state index in [2.05, 4.69) is 75.0 Å². The molecule has 31 heavy (non-hydrogen) atoms. The quantitative estimate of drug-likeness (QED) is 0.578. The van der Waals surface area contributed by atoms with Crippen LogP contribution in [0.3, 0.4) is 0 Å². The van der Waals surface area contributed by atoms with Crippen molar-refractivity contribution in [1.82, 2.24) is 4.98 Å². The molecule has 1 N–H and O–H groups in total. The number of hydrogen-bond acceptors (Lipinski definition) is 2. The Morgan fingerprint density at radius 3 is 2.35 bits per heavy atom. The van der Waals surface area contributed by atoms with Crippen LogP contribution in [-0.4, -0.2) is 18.2 Å². The molecule has 0 bridgehead atoms. The van der Waals surface area contributed by atoms with E-state index < -0.39 is 8.07 Å². The lowest BCUT2D eigenvalue weighted by Crippen LogP contribution is -2.68. The number of pyridine rings is 1. The second-order valence-corrected chi connectivity index (χ2v) is 11.7. The Labute approximate surface area is 186 Å². The molecule has 1 aromatic heterocycles. The highest BCUT2D eigenvalue weighted by atomic mass is 28.3. The van der Waals surface area contributed by atoms with Gasteiger partial charge in [0.2, 0.25) is 8.07 Å². The molecule has 0 fully saturated rings. The van der Waals surface area contributed by atoms with Crippen molar-refractivity contribution < 1.29 is 5.11 Å². The largest absolute Gasteiger partial charge is 0.508 e. The summed E-state index contributed by atoms with van der Waals surface area (Å²) in [6, 6.07) is 21.1. The van der Waals surface area contributed by atoms with Crippen molar-refractivity contribution in [3.63, 3.8) is 0 Å². The number of rotatable bonds is 6. The fraction of sp³-hybridized carbons (Fsp3) is 0.179. The molecule has 0 amide bonds. The van der Waals surface area contributed by atoms with Gasteiger partial charge in [-0.25, -0.2) is 0 Å². The third kappa shape index (κ3) is 3.30. The molecule has 2 heterocycles. The number of fused-ring (bicyclic) bond motifs is 1. The van der Waals surface area contributed by atoms with E-state index in [1.165, 1.54) is 26.7 Å². The SMILES string of the molecule is C=CC1=C(C=C(CC)CC)c2cc(O)c(C)cc2[Si]1(c1ccccc1)c1ccccn1. The maximum absolute atomic E-state index is 10.7. The van der Waals surface area contributed by atoms with Gasteiger partial charge in [0.25, 0.3) is 0 Å². The van der Waals surface area contributed by atoms with E-state index in [-0.39, 0.29) is 0 Å². The van der Waals surface area contributed by atoms with Gasteiger partial charge in [-0.3, -0.25) is 4.98 Å². The average Bonchev–Trinajstić information content (AvgIpc) is 3.07. The number of hydrogen-bond donors (Lipinski definition) is 1. The van der Waals surface area contributed by atoms with E-state index in [4.69, 9.17) is 4.98 Å². The van der Waals surface area contributed by atoms with Crippen LogP contribution in [0.15, 0.2) is 96.4 Å². The molecule has 156 valence electrons. The molecule has 4 rings (SSSR count). The van der Waals surface area contributed by atoms with E-state index in [9.17, 15) is 5.11 Å². The van der Waals surface area contributed by atoms with Crippen molar-refractivity contribution >= 4 is 29.3 Å². The zero-order valence-corrected chi connectivity index (χ0v) is 19.5. The second kappa shape index (κ2) is 8.52. The summed E-state index contributed by atoms with van der Waals surface area (Å²) in [6.07, 6.45) is 8.25. The first-order valence-electron chi connectivity index (χ1n) is 11.0. The Bertz CT molecular complexity index is 1130. The van der Waals surface area contributed by atoms with Crippen LogP contribution in [0.2, 0.25) is 0 Å². The summed E-state index contributed by atoms with van der Waals surface area (Å²) in [5, 5.41) is 15.6. The first kappa shape index (κ1) is 21.1. The van der Waals surface area contributed by atoms with Gasteiger partial charge in [-0.2, -0.15) is 0 Å². The molecule has 1 aliphatic rings. The fourth-order valence-corrected chi connectivity index (χ4v) is 9.83. The van der Waals surface area contributed by atoms with E-state index in [0.29, 0.717) is 5.75 Å². The summed E-state index contributed by atoms with van der Waals surface area (Å²) in [5.74, 6) is 0.335. The van der Waals surface area contributed by atoms with Crippen LogP contribution < -0.4 is 15.7 Å². The molecule has 3 heteroatoms. The summed E-state index contributed by atoms with van der Waals surface area (Å²) in [7, 11) is -2.65. The standard InChI is InChI=1S/C28H29NOSi/c1-5-21(6-2)18-23-24-19-25(30)20(4)17-27(24)31(26(23)7-3,22-13-9-8-10-14-22)28-15-11-12-16-29-28/h7-19,30H,3,5-6H2,1-2,4H3. The zero-order chi connectivity index (χ0) is 22.0. The van der Waals surface area contributed by atoms with E-state index in [0.717, 1.165) is 29.3 Å². The molecule has 0 aliphatic carbocycles. The minimum absolute atomic E-state index is 0.335. The lowest BCUT2D eigenvalue weighted by atomic mass is 9.99. The number of aryl methyl sites for hydroxylation is 1. The molecule has 3 aromatic rings. The van der Waals surface area contributed by atoms with Crippen molar-refractivity contribution in [2.75, 3.05) is 0 Å². The lowest BCUT2D eigenvalue weighted by Gasteiger charge is -2.31. The number of phenolic OH excluding ortho intramolecular Hbond substituents is 1. The zero-order valence-electron chi connectivity index (χ0n) is 18.5. The Kier molecular flexibility index (Phi) is 5.79. The summed E-state index contributed by atoms with van der Waals surface area (Å²) in [4.78, 5) is 4.91. The topological polar surface area (TPSA) is 33.1 Å². The fourth-order valence-electron chi connectivity index (χ4n) is 4.81. The van der Waals surface area contributed by atoms with Crippen LogP contribution in [-0.2, 0) is 0 Å². The van der Waals surface area contributed by atoms with Crippen LogP contribution >= 0.6 is 0 Å². The predicted octanol–water partition coefficient (Wildman–Crippen LogP) is 4.80. The number of aromatic nitrogens is 1. The third-order valence-electron chi connectivity index (χ3n) is 6.44. The Morgan fingerprint density at radius 1 is 1.03 bits per heavy atom. The van der Waals surface area contributed by atoms with Gasteiger partial charge < -0.3 is 5.11 Å². The Balaban J connectivity index is 2.21. The van der Waals surface area contributed by atoms with Crippen LogP contribution in [0.5, 0.6) is 5.75 Å². The van der Waals surface area contributed by atoms with Gasteiger partial charge in [0.05, 0.1) is 0 Å². The Morgan fingerprint density at radius 2 is 1.74 bits per heavy atom. The second-order valence-electron chi connectivity index (χ2n) is 8.06. The molecule has 0 radical (unpaired) electrons. The van der Waals surface area contributed by atoms with E-state index in [1.807, 2.05) is 31.3 Å². The first-order valence-corrected chi connectivity index (χ1v) is 13.0. The van der Waals surface area contributed by atoms with Gasteiger partial charge in [0.1, 0.15) is 5.75 Å².